The van der Waals surface area contributed by atoms with Crippen LogP contribution in [0.15, 0.2) is 29.2 Å². The molecule has 0 bridgehead atoms. The summed E-state index contributed by atoms with van der Waals surface area (Å²) in [4.78, 5) is 12.0. The number of unbranched alkanes of at least 4 members (excludes halogenated alkanes) is 2. The van der Waals surface area contributed by atoms with Crippen molar-refractivity contribution in [3.8, 4) is 12.3 Å². The van der Waals surface area contributed by atoms with Gasteiger partial charge in [-0.3, -0.25) is 4.79 Å². The number of sulfonamides is 1. The average molecular weight is 337 g/mol. The van der Waals surface area contributed by atoms with Crippen molar-refractivity contribution in [2.45, 2.75) is 44.0 Å². The minimum atomic E-state index is -3.78. The molecule has 1 aromatic rings. The topological polar surface area (TPSA) is 63.7 Å². The fourth-order valence-corrected chi connectivity index (χ4v) is 3.77. The van der Waals surface area contributed by atoms with Gasteiger partial charge in [-0.1, -0.05) is 17.7 Å². The summed E-state index contributed by atoms with van der Waals surface area (Å²) in [6.45, 7) is 3.62. The highest BCUT2D eigenvalue weighted by Gasteiger charge is 2.33. The van der Waals surface area contributed by atoms with Crippen molar-refractivity contribution < 1.29 is 17.9 Å². The summed E-state index contributed by atoms with van der Waals surface area (Å²) in [5.74, 6) is 1.94. The molecule has 0 radical (unpaired) electrons. The van der Waals surface area contributed by atoms with E-state index in [0.29, 0.717) is 19.3 Å². The third-order valence-electron chi connectivity index (χ3n) is 3.55. The zero-order chi connectivity index (χ0) is 17.5. The van der Waals surface area contributed by atoms with Gasteiger partial charge in [0.15, 0.2) is 0 Å². The van der Waals surface area contributed by atoms with Crippen LogP contribution in [0.5, 0.6) is 0 Å². The standard InChI is InChI=1S/C17H23NO4S/c1-5-6-7-8-13-18(15(3)17(19)22-4)23(20,21)16-11-9-14(2)10-12-16/h1,9-12,15H,6-8,13H2,2-4H3/t15-/m1/s1. The number of hydrogen-bond donors (Lipinski definition) is 0. The first-order valence-electron chi connectivity index (χ1n) is 7.44. The van der Waals surface area contributed by atoms with Crippen LogP contribution in [0.25, 0.3) is 0 Å². The van der Waals surface area contributed by atoms with Gasteiger partial charge in [0.25, 0.3) is 0 Å². The van der Waals surface area contributed by atoms with Gasteiger partial charge in [-0.2, -0.15) is 4.31 Å². The van der Waals surface area contributed by atoms with Gasteiger partial charge in [0, 0.05) is 13.0 Å². The summed E-state index contributed by atoms with van der Waals surface area (Å²) >= 11 is 0. The molecule has 23 heavy (non-hydrogen) atoms. The maximum atomic E-state index is 12.8. The number of carbonyl (C=O) groups is 1. The van der Waals surface area contributed by atoms with Crippen molar-refractivity contribution in [2.24, 2.45) is 0 Å². The Kier molecular flexibility index (Phi) is 7.27. The molecule has 0 heterocycles. The highest BCUT2D eigenvalue weighted by Crippen LogP contribution is 2.20. The lowest BCUT2D eigenvalue weighted by atomic mass is 10.2. The zero-order valence-corrected chi connectivity index (χ0v) is 14.6. The molecule has 0 spiro atoms. The predicted octanol–water partition coefficient (Wildman–Crippen LogP) is 2.35. The Morgan fingerprint density at radius 3 is 2.43 bits per heavy atom. The molecule has 5 nitrogen and oxygen atoms in total. The van der Waals surface area contributed by atoms with Gasteiger partial charge in [-0.05, 0) is 38.8 Å². The van der Waals surface area contributed by atoms with E-state index in [1.165, 1.54) is 18.3 Å². The highest BCUT2D eigenvalue weighted by molar-refractivity contribution is 7.89. The van der Waals surface area contributed by atoms with Crippen LogP contribution in [0.1, 0.15) is 31.7 Å². The molecule has 0 N–H and O–H groups in total. The number of benzene rings is 1. The third-order valence-corrected chi connectivity index (χ3v) is 5.54. The quantitative estimate of drug-likeness (QED) is 0.415. The van der Waals surface area contributed by atoms with Gasteiger partial charge in [-0.25, -0.2) is 8.42 Å². The molecule has 1 rings (SSSR count). The summed E-state index contributed by atoms with van der Waals surface area (Å²) < 4.78 is 31.6. The molecule has 0 amide bonds. The van der Waals surface area contributed by atoms with E-state index >= 15 is 0 Å². The second kappa shape index (κ2) is 8.70. The summed E-state index contributed by atoms with van der Waals surface area (Å²) in [7, 11) is -2.53. The monoisotopic (exact) mass is 337 g/mol. The molecule has 0 aliphatic heterocycles. The number of carbonyl (C=O) groups excluding carboxylic acids is 1. The molecule has 0 aliphatic rings. The summed E-state index contributed by atoms with van der Waals surface area (Å²) in [5.41, 5.74) is 0.963. The second-order valence-corrected chi connectivity index (χ2v) is 7.18. The van der Waals surface area contributed by atoms with E-state index in [-0.39, 0.29) is 11.4 Å². The Labute approximate surface area is 138 Å². The molecule has 1 atom stereocenters. The number of terminal acetylenes is 1. The average Bonchev–Trinajstić information content (AvgIpc) is 2.53. The number of methoxy groups -OCH3 is 1. The van der Waals surface area contributed by atoms with E-state index in [9.17, 15) is 13.2 Å². The Morgan fingerprint density at radius 1 is 1.30 bits per heavy atom. The van der Waals surface area contributed by atoms with Crippen LogP contribution in [0.3, 0.4) is 0 Å². The predicted molar refractivity (Wildman–Crippen MR) is 89.2 cm³/mol. The number of aryl methyl sites for hydroxylation is 1. The van der Waals surface area contributed by atoms with Crippen LogP contribution in [-0.4, -0.2) is 38.4 Å². The Bertz CT molecular complexity index is 659. The molecule has 0 unspecified atom stereocenters. The number of ether oxygens (including phenoxy) is 1. The smallest absolute Gasteiger partial charge is 0.323 e. The van der Waals surface area contributed by atoms with E-state index in [1.54, 1.807) is 24.3 Å². The van der Waals surface area contributed by atoms with Crippen LogP contribution in [-0.2, 0) is 19.6 Å². The molecule has 0 fully saturated rings. The van der Waals surface area contributed by atoms with Gasteiger partial charge < -0.3 is 4.74 Å². The summed E-state index contributed by atoms with van der Waals surface area (Å²) in [6, 6.07) is 5.65. The second-order valence-electron chi connectivity index (χ2n) is 5.29. The van der Waals surface area contributed by atoms with Gasteiger partial charge in [0.05, 0.1) is 12.0 Å². The third kappa shape index (κ3) is 5.08. The van der Waals surface area contributed by atoms with Crippen LogP contribution < -0.4 is 0 Å². The molecule has 0 saturated heterocycles. The number of esters is 1. The van der Waals surface area contributed by atoms with Crippen LogP contribution in [0.4, 0.5) is 0 Å². The minimum Gasteiger partial charge on any atom is -0.468 e. The first-order valence-corrected chi connectivity index (χ1v) is 8.88. The van der Waals surface area contributed by atoms with Crippen molar-refractivity contribution >= 4 is 16.0 Å². The number of nitrogens with zero attached hydrogens (tertiary/aromatic N) is 1. The first kappa shape index (κ1) is 19.2. The molecule has 126 valence electrons. The molecule has 0 aliphatic carbocycles. The molecule has 6 heteroatoms. The van der Waals surface area contributed by atoms with E-state index < -0.39 is 22.0 Å². The van der Waals surface area contributed by atoms with E-state index in [2.05, 4.69) is 5.92 Å². The lowest BCUT2D eigenvalue weighted by molar-refractivity contribution is -0.144. The number of rotatable bonds is 8. The summed E-state index contributed by atoms with van der Waals surface area (Å²) in [6.07, 6.45) is 7.06. The van der Waals surface area contributed by atoms with Crippen LogP contribution in [0.2, 0.25) is 0 Å². The lowest BCUT2D eigenvalue weighted by Crippen LogP contribution is -2.44. The van der Waals surface area contributed by atoms with Crippen molar-refractivity contribution in [1.29, 1.82) is 0 Å². The molecule has 0 saturated carbocycles. The molecule has 0 aromatic heterocycles. The van der Waals surface area contributed by atoms with Gasteiger partial charge in [0.2, 0.25) is 10.0 Å². The van der Waals surface area contributed by atoms with Gasteiger partial charge in [-0.15, -0.1) is 12.3 Å². The van der Waals surface area contributed by atoms with E-state index in [0.717, 1.165) is 5.56 Å². The molecular formula is C17H23NO4S. The molecular weight excluding hydrogens is 314 g/mol. The van der Waals surface area contributed by atoms with Crippen LogP contribution in [0, 0.1) is 19.3 Å². The van der Waals surface area contributed by atoms with Crippen molar-refractivity contribution in [1.82, 2.24) is 4.31 Å². The maximum absolute atomic E-state index is 12.8. The number of hydrogen-bond acceptors (Lipinski definition) is 4. The van der Waals surface area contributed by atoms with Crippen molar-refractivity contribution in [3.63, 3.8) is 0 Å². The first-order chi connectivity index (χ1) is 10.8. The zero-order valence-electron chi connectivity index (χ0n) is 13.8. The minimum absolute atomic E-state index is 0.163. The van der Waals surface area contributed by atoms with Crippen LogP contribution >= 0.6 is 0 Å². The molecule has 1 aromatic carbocycles. The Balaban J connectivity index is 3.08. The van der Waals surface area contributed by atoms with Crippen molar-refractivity contribution in [3.05, 3.63) is 29.8 Å². The van der Waals surface area contributed by atoms with Gasteiger partial charge in [0.1, 0.15) is 6.04 Å². The lowest BCUT2D eigenvalue weighted by Gasteiger charge is -2.26. The van der Waals surface area contributed by atoms with Gasteiger partial charge >= 0.3 is 5.97 Å². The van der Waals surface area contributed by atoms with E-state index in [1.807, 2.05) is 6.92 Å². The maximum Gasteiger partial charge on any atom is 0.323 e. The Morgan fingerprint density at radius 2 is 1.91 bits per heavy atom. The van der Waals surface area contributed by atoms with Crippen molar-refractivity contribution in [2.75, 3.05) is 13.7 Å². The van der Waals surface area contributed by atoms with E-state index in [4.69, 9.17) is 11.2 Å². The SMILES string of the molecule is C#CCCCCN([C@H](C)C(=O)OC)S(=O)(=O)c1ccc(C)cc1. The normalized spacial score (nSPS) is 12.7. The fraction of sp³-hybridized carbons (Fsp3) is 0.471. The fourth-order valence-electron chi connectivity index (χ4n) is 2.15. The highest BCUT2D eigenvalue weighted by atomic mass is 32.2. The largest absolute Gasteiger partial charge is 0.468 e. The summed E-state index contributed by atoms with van der Waals surface area (Å²) in [5, 5.41) is 0. The Hall–Kier alpha value is -1.84.